The Morgan fingerprint density at radius 3 is 2.72 bits per heavy atom. The first-order valence-corrected chi connectivity index (χ1v) is 19.1. The molecule has 7 atom stereocenters. The van der Waals surface area contributed by atoms with Crippen molar-refractivity contribution in [3.63, 3.8) is 0 Å². The number of aromatic nitrogens is 1. The molecule has 11 rings (SSSR count). The predicted molar refractivity (Wildman–Crippen MR) is 194 cm³/mol. The van der Waals surface area contributed by atoms with Gasteiger partial charge in [0.25, 0.3) is 0 Å². The van der Waals surface area contributed by atoms with Crippen LogP contribution < -0.4 is 29.6 Å². The van der Waals surface area contributed by atoms with E-state index in [2.05, 4.69) is 21.7 Å². The number of nitrogens with one attached hydrogen (secondary N) is 3. The number of phenolic OH excluding ortho intramolecular Hbond substituents is 1. The minimum Gasteiger partial charge on any atom is -0.504 e. The molecule has 0 radical (unpaired) electrons. The molecule has 2 unspecified atom stereocenters. The highest BCUT2D eigenvalue weighted by molar-refractivity contribution is 7.99. The second-order valence-corrected chi connectivity index (χ2v) is 16.0. The molecule has 14 heteroatoms. The van der Waals surface area contributed by atoms with Crippen molar-refractivity contribution < 1.29 is 43.5 Å². The third kappa shape index (κ3) is 4.47. The molecule has 2 saturated heterocycles. The third-order valence-corrected chi connectivity index (χ3v) is 13.6. The lowest BCUT2D eigenvalue weighted by Crippen LogP contribution is -2.69. The van der Waals surface area contributed by atoms with E-state index < -0.39 is 53.1 Å². The van der Waals surface area contributed by atoms with E-state index in [0.29, 0.717) is 52.7 Å². The van der Waals surface area contributed by atoms with E-state index in [4.69, 9.17) is 23.7 Å². The van der Waals surface area contributed by atoms with Crippen LogP contribution in [0, 0.1) is 13.8 Å². The first-order valence-electron chi connectivity index (χ1n) is 18.0. The van der Waals surface area contributed by atoms with Gasteiger partial charge in [-0.3, -0.25) is 15.0 Å². The summed E-state index contributed by atoms with van der Waals surface area (Å²) >= 11 is 1.53. The Balaban J connectivity index is 1.23. The first kappa shape index (κ1) is 33.1. The average molecular weight is 741 g/mol. The van der Waals surface area contributed by atoms with Gasteiger partial charge in [-0.25, -0.2) is 4.79 Å². The number of aromatic hydroxyl groups is 1. The van der Waals surface area contributed by atoms with Crippen molar-refractivity contribution in [1.82, 2.24) is 20.5 Å². The van der Waals surface area contributed by atoms with Gasteiger partial charge >= 0.3 is 11.9 Å². The van der Waals surface area contributed by atoms with E-state index in [9.17, 15) is 19.8 Å². The highest BCUT2D eigenvalue weighted by Gasteiger charge is 2.60. The number of nitrogens with zero attached hydrogens (tertiary/aromatic N) is 1. The van der Waals surface area contributed by atoms with Gasteiger partial charge in [0.2, 0.25) is 6.79 Å². The summed E-state index contributed by atoms with van der Waals surface area (Å²) in [6.07, 6.45) is 0.166. The summed E-state index contributed by atoms with van der Waals surface area (Å²) in [5.74, 6) is 1.07. The number of ether oxygens (including phenoxy) is 5. The zero-order valence-electron chi connectivity index (χ0n) is 29.7. The Bertz CT molecular complexity index is 2260. The standard InChI is InChI=1S/C39H40N4O9S/c1-16-11-19-12-23-37(46)43-24-13-49-38(47)39(36-21(9-10-40-39)20-7-5-6-8-22(20)42-36)14-53-35(29(43)28(41-23)25(19)30(45)31(16)48-4)27-26(24)34-33(50-15-51-34)17(2)32(27)52-18(3)44/h5-8,11,23-24,28-29,35,37,40-42,45-46H,9-10,12-15H2,1-4H3/t23?,24-,28?,29+,35+,37-,39+/m0/s1. The molecule has 7 aliphatic heterocycles. The number of benzene rings is 3. The molecular weight excluding hydrogens is 701 g/mol. The Kier molecular flexibility index (Phi) is 7.35. The minimum absolute atomic E-state index is 0.0359. The maximum Gasteiger partial charge on any atom is 0.333 e. The largest absolute Gasteiger partial charge is 0.504 e. The van der Waals surface area contributed by atoms with Gasteiger partial charge in [0.05, 0.1) is 36.2 Å². The smallest absolute Gasteiger partial charge is 0.333 e. The maximum absolute atomic E-state index is 14.7. The number of rotatable bonds is 2. The van der Waals surface area contributed by atoms with E-state index in [1.807, 2.05) is 43.0 Å². The molecule has 4 aromatic rings. The number of aliphatic hydroxyl groups is 1. The Morgan fingerprint density at radius 2 is 1.91 bits per heavy atom. The molecule has 3 aromatic carbocycles. The first-order chi connectivity index (χ1) is 25.6. The summed E-state index contributed by atoms with van der Waals surface area (Å²) in [6.45, 7) is 5.51. The van der Waals surface area contributed by atoms with Gasteiger partial charge in [0, 0.05) is 58.4 Å². The van der Waals surface area contributed by atoms with Gasteiger partial charge in [-0.1, -0.05) is 24.3 Å². The number of carbonyl (C=O) groups excluding carboxylic acids is 2. The molecule has 0 amide bonds. The van der Waals surface area contributed by atoms with Crippen molar-refractivity contribution in [3.05, 3.63) is 75.0 Å². The van der Waals surface area contributed by atoms with Crippen molar-refractivity contribution in [2.45, 2.75) is 74.8 Å². The molecule has 53 heavy (non-hydrogen) atoms. The summed E-state index contributed by atoms with van der Waals surface area (Å²) in [5.41, 5.74) is 5.98. The second kappa shape index (κ2) is 11.8. The van der Waals surface area contributed by atoms with E-state index in [-0.39, 0.29) is 24.9 Å². The lowest BCUT2D eigenvalue weighted by Gasteiger charge is -2.59. The maximum atomic E-state index is 14.7. The lowest BCUT2D eigenvalue weighted by molar-refractivity contribution is -0.164. The van der Waals surface area contributed by atoms with Crippen LogP contribution in [0.4, 0.5) is 0 Å². The molecule has 8 heterocycles. The van der Waals surface area contributed by atoms with Crippen LogP contribution in [0.15, 0.2) is 30.3 Å². The van der Waals surface area contributed by atoms with E-state index in [0.717, 1.165) is 45.3 Å². The van der Waals surface area contributed by atoms with Gasteiger partial charge in [-0.2, -0.15) is 0 Å². The molecule has 7 aliphatic rings. The number of phenols is 1. The average Bonchev–Trinajstić information content (AvgIpc) is 3.79. The number of thioether (sulfide) groups is 1. The number of methoxy groups -OCH3 is 1. The van der Waals surface area contributed by atoms with Gasteiger partial charge in [-0.15, -0.1) is 11.8 Å². The molecule has 1 aromatic heterocycles. The normalized spacial score (nSPS) is 29.6. The number of aliphatic hydroxyl groups excluding tert-OH is 1. The number of esters is 2. The van der Waals surface area contributed by atoms with Crippen molar-refractivity contribution in [2.75, 3.05) is 32.8 Å². The SMILES string of the molecule is COc1c(C)cc2c(c1O)C1NC(C2)[C@H](O)N2[C@H]1[C@@H]1SC[C@]3(NCCc4c3[nH]c3ccccc43)C(=O)OC[C@H]2c2c3c(c(C)c(OC(C)=O)c21)OCO3. The van der Waals surface area contributed by atoms with Crippen LogP contribution in [0.3, 0.4) is 0 Å². The summed E-state index contributed by atoms with van der Waals surface area (Å²) in [5, 5.41) is 32.1. The van der Waals surface area contributed by atoms with Crippen LogP contribution in [0.2, 0.25) is 0 Å². The number of aryl methyl sites for hydroxylation is 1. The fraction of sp³-hybridized carbons (Fsp3) is 0.436. The molecule has 276 valence electrons. The highest BCUT2D eigenvalue weighted by atomic mass is 32.2. The quantitative estimate of drug-likeness (QED) is 0.149. The molecule has 2 fully saturated rings. The fourth-order valence-corrected chi connectivity index (χ4v) is 11.7. The number of fused-ring (bicyclic) bond motifs is 11. The van der Waals surface area contributed by atoms with Crippen LogP contribution in [-0.2, 0) is 32.7 Å². The van der Waals surface area contributed by atoms with Crippen LogP contribution in [0.1, 0.15) is 68.9 Å². The molecule has 0 aliphatic carbocycles. The van der Waals surface area contributed by atoms with Gasteiger partial charge in [0.1, 0.15) is 18.6 Å². The Labute approximate surface area is 309 Å². The number of carbonyl (C=O) groups is 2. The van der Waals surface area contributed by atoms with E-state index in [1.54, 1.807) is 7.11 Å². The molecule has 5 N–H and O–H groups in total. The lowest BCUT2D eigenvalue weighted by atomic mass is 9.74. The van der Waals surface area contributed by atoms with Crippen molar-refractivity contribution >= 4 is 34.6 Å². The molecule has 1 spiro atoms. The minimum atomic E-state index is -1.23. The highest BCUT2D eigenvalue weighted by Crippen LogP contribution is 2.63. The zero-order chi connectivity index (χ0) is 36.5. The van der Waals surface area contributed by atoms with E-state index >= 15 is 0 Å². The topological polar surface area (TPSA) is 164 Å². The van der Waals surface area contributed by atoms with Crippen LogP contribution in [0.25, 0.3) is 10.9 Å². The molecular formula is C39H40N4O9S. The van der Waals surface area contributed by atoms with Crippen LogP contribution in [-0.4, -0.2) is 83.2 Å². The summed E-state index contributed by atoms with van der Waals surface area (Å²) in [7, 11) is 1.54. The van der Waals surface area contributed by atoms with Gasteiger partial charge in [0.15, 0.2) is 28.5 Å². The van der Waals surface area contributed by atoms with Crippen LogP contribution in [0.5, 0.6) is 28.7 Å². The summed E-state index contributed by atoms with van der Waals surface area (Å²) in [4.78, 5) is 33.2. The second-order valence-electron chi connectivity index (χ2n) is 14.8. The molecule has 13 nitrogen and oxygen atoms in total. The Morgan fingerprint density at radius 1 is 1.09 bits per heavy atom. The fourth-order valence-electron chi connectivity index (χ4n) is 10.0. The summed E-state index contributed by atoms with van der Waals surface area (Å²) < 4.78 is 30.4. The van der Waals surface area contributed by atoms with Crippen molar-refractivity contribution in [2.24, 2.45) is 0 Å². The predicted octanol–water partition coefficient (Wildman–Crippen LogP) is 3.84. The van der Waals surface area contributed by atoms with Crippen molar-refractivity contribution in [1.29, 1.82) is 0 Å². The third-order valence-electron chi connectivity index (χ3n) is 12.1. The Hall–Kier alpha value is -4.47. The molecule has 4 bridgehead atoms. The monoisotopic (exact) mass is 740 g/mol. The number of H-pyrrole nitrogens is 1. The summed E-state index contributed by atoms with van der Waals surface area (Å²) in [6, 6.07) is 7.92. The molecule has 0 saturated carbocycles. The van der Waals surface area contributed by atoms with E-state index in [1.165, 1.54) is 18.7 Å². The van der Waals surface area contributed by atoms with Crippen LogP contribution >= 0.6 is 11.8 Å². The number of hydrogen-bond donors (Lipinski definition) is 5. The number of para-hydroxylation sites is 1. The number of piperazine rings is 1. The van der Waals surface area contributed by atoms with Gasteiger partial charge < -0.3 is 44.2 Å². The van der Waals surface area contributed by atoms with Gasteiger partial charge in [-0.05, 0) is 49.4 Å². The number of hydrogen-bond acceptors (Lipinski definition) is 13. The number of aromatic amines is 1. The zero-order valence-corrected chi connectivity index (χ0v) is 30.5. The van der Waals surface area contributed by atoms with Crippen molar-refractivity contribution in [3.8, 4) is 28.7 Å².